The SMILES string of the molecule is O=C(c1cncn1-c1ccccc1)N1CCN(S(=O)(=O)C=Cc2ccccc2)CC1. The van der Waals surface area contributed by atoms with E-state index in [0.717, 1.165) is 11.3 Å². The minimum Gasteiger partial charge on any atom is -0.335 e. The van der Waals surface area contributed by atoms with Crippen molar-refractivity contribution in [3.63, 3.8) is 0 Å². The zero-order chi connectivity index (χ0) is 21.0. The van der Waals surface area contributed by atoms with Crippen molar-refractivity contribution in [2.24, 2.45) is 0 Å². The summed E-state index contributed by atoms with van der Waals surface area (Å²) in [7, 11) is -3.54. The van der Waals surface area contributed by atoms with E-state index in [1.165, 1.54) is 9.71 Å². The number of imidazole rings is 1. The number of benzene rings is 2. The second kappa shape index (κ2) is 8.64. The number of sulfonamides is 1. The molecule has 0 atom stereocenters. The van der Waals surface area contributed by atoms with Crippen molar-refractivity contribution in [3.8, 4) is 5.69 Å². The molecule has 1 fully saturated rings. The molecule has 0 unspecified atom stereocenters. The first-order valence-corrected chi connectivity index (χ1v) is 11.2. The van der Waals surface area contributed by atoms with E-state index < -0.39 is 10.0 Å². The molecular formula is C22H22N4O3S. The van der Waals surface area contributed by atoms with E-state index in [2.05, 4.69) is 4.98 Å². The van der Waals surface area contributed by atoms with Gasteiger partial charge in [-0.2, -0.15) is 4.31 Å². The Labute approximate surface area is 175 Å². The molecule has 4 rings (SSSR count). The number of para-hydroxylation sites is 1. The number of carbonyl (C=O) groups is 1. The molecule has 154 valence electrons. The average molecular weight is 423 g/mol. The summed E-state index contributed by atoms with van der Waals surface area (Å²) < 4.78 is 28.4. The standard InChI is InChI=1S/C22H22N4O3S/c27-22(21-17-23-18-26(21)20-9-5-2-6-10-20)24-12-14-25(15-13-24)30(28,29)16-11-19-7-3-1-4-8-19/h1-11,16-18H,12-15H2. The molecule has 2 aromatic carbocycles. The number of hydrogen-bond donors (Lipinski definition) is 0. The summed E-state index contributed by atoms with van der Waals surface area (Å²) in [5.41, 5.74) is 2.14. The molecule has 0 aliphatic carbocycles. The lowest BCUT2D eigenvalue weighted by molar-refractivity contribution is 0.0690. The Morgan fingerprint density at radius 3 is 2.20 bits per heavy atom. The van der Waals surface area contributed by atoms with E-state index in [9.17, 15) is 13.2 Å². The number of piperazine rings is 1. The van der Waals surface area contributed by atoms with Gasteiger partial charge < -0.3 is 4.90 Å². The summed E-state index contributed by atoms with van der Waals surface area (Å²) >= 11 is 0. The molecule has 1 aliphatic rings. The molecule has 8 heteroatoms. The molecule has 1 aliphatic heterocycles. The highest BCUT2D eigenvalue weighted by molar-refractivity contribution is 7.92. The van der Waals surface area contributed by atoms with Gasteiger partial charge in [0.25, 0.3) is 5.91 Å². The van der Waals surface area contributed by atoms with Gasteiger partial charge in [-0.15, -0.1) is 0 Å². The summed E-state index contributed by atoms with van der Waals surface area (Å²) in [6.07, 6.45) is 4.74. The highest BCUT2D eigenvalue weighted by Gasteiger charge is 2.29. The van der Waals surface area contributed by atoms with Gasteiger partial charge >= 0.3 is 0 Å². The van der Waals surface area contributed by atoms with Crippen LogP contribution in [0.25, 0.3) is 11.8 Å². The largest absolute Gasteiger partial charge is 0.335 e. The summed E-state index contributed by atoms with van der Waals surface area (Å²) in [6.45, 7) is 1.17. The molecule has 3 aromatic rings. The highest BCUT2D eigenvalue weighted by atomic mass is 32.2. The van der Waals surface area contributed by atoms with Crippen LogP contribution in [0.1, 0.15) is 16.1 Å². The Morgan fingerprint density at radius 2 is 1.53 bits per heavy atom. The van der Waals surface area contributed by atoms with Crippen LogP contribution in [0.5, 0.6) is 0 Å². The molecule has 0 bridgehead atoms. The van der Waals surface area contributed by atoms with Gasteiger partial charge in [-0.05, 0) is 23.8 Å². The summed E-state index contributed by atoms with van der Waals surface area (Å²) in [4.78, 5) is 18.8. The van der Waals surface area contributed by atoms with Crippen molar-refractivity contribution in [3.05, 3.63) is 89.9 Å². The van der Waals surface area contributed by atoms with E-state index in [1.807, 2.05) is 60.7 Å². The maximum atomic E-state index is 13.0. The first-order chi connectivity index (χ1) is 14.5. The molecule has 0 saturated carbocycles. The van der Waals surface area contributed by atoms with Crippen molar-refractivity contribution in [2.45, 2.75) is 0 Å². The number of nitrogens with zero attached hydrogens (tertiary/aromatic N) is 4. The Bertz CT molecular complexity index is 1130. The van der Waals surface area contributed by atoms with Crippen molar-refractivity contribution >= 4 is 22.0 Å². The van der Waals surface area contributed by atoms with Gasteiger partial charge in [0, 0.05) is 37.3 Å². The maximum absolute atomic E-state index is 13.0. The molecule has 0 N–H and O–H groups in total. The average Bonchev–Trinajstić information content (AvgIpc) is 3.29. The van der Waals surface area contributed by atoms with Gasteiger partial charge in [-0.25, -0.2) is 13.4 Å². The topological polar surface area (TPSA) is 75.5 Å². The summed E-state index contributed by atoms with van der Waals surface area (Å²) in [5, 5.41) is 1.23. The van der Waals surface area contributed by atoms with E-state index in [4.69, 9.17) is 0 Å². The molecule has 1 amide bonds. The summed E-state index contributed by atoms with van der Waals surface area (Å²) in [5.74, 6) is -0.159. The highest BCUT2D eigenvalue weighted by Crippen LogP contribution is 2.16. The third kappa shape index (κ3) is 4.34. The fourth-order valence-electron chi connectivity index (χ4n) is 3.37. The van der Waals surface area contributed by atoms with Crippen LogP contribution < -0.4 is 0 Å². The second-order valence-corrected chi connectivity index (χ2v) is 8.75. The van der Waals surface area contributed by atoms with Crippen LogP contribution in [0.3, 0.4) is 0 Å². The van der Waals surface area contributed by atoms with Crippen molar-refractivity contribution in [2.75, 3.05) is 26.2 Å². The van der Waals surface area contributed by atoms with Crippen LogP contribution >= 0.6 is 0 Å². The molecule has 0 radical (unpaired) electrons. The van der Waals surface area contributed by atoms with Gasteiger partial charge in [0.05, 0.1) is 12.5 Å². The van der Waals surface area contributed by atoms with Crippen LogP contribution in [-0.4, -0.2) is 59.3 Å². The number of rotatable bonds is 5. The van der Waals surface area contributed by atoms with Crippen LogP contribution in [0.15, 0.2) is 78.6 Å². The molecule has 30 heavy (non-hydrogen) atoms. The Hall–Kier alpha value is -3.23. The van der Waals surface area contributed by atoms with E-state index >= 15 is 0 Å². The van der Waals surface area contributed by atoms with E-state index in [-0.39, 0.29) is 19.0 Å². The third-order valence-electron chi connectivity index (χ3n) is 5.01. The zero-order valence-corrected chi connectivity index (χ0v) is 17.1. The lowest BCUT2D eigenvalue weighted by Crippen LogP contribution is -2.50. The fraction of sp³-hybridized carbons (Fsp3) is 0.182. The van der Waals surface area contributed by atoms with Crippen LogP contribution in [0, 0.1) is 0 Å². The second-order valence-electron chi connectivity index (χ2n) is 6.93. The molecule has 2 heterocycles. The van der Waals surface area contributed by atoms with E-state index in [1.54, 1.807) is 28.1 Å². The van der Waals surface area contributed by atoms with Crippen molar-refractivity contribution in [1.29, 1.82) is 0 Å². The smallest absolute Gasteiger partial charge is 0.272 e. The quantitative estimate of drug-likeness (QED) is 0.634. The fourth-order valence-corrected chi connectivity index (χ4v) is 4.54. The van der Waals surface area contributed by atoms with Crippen LogP contribution in [-0.2, 0) is 10.0 Å². The minimum atomic E-state index is -3.54. The minimum absolute atomic E-state index is 0.159. The van der Waals surface area contributed by atoms with Gasteiger partial charge in [-0.3, -0.25) is 9.36 Å². The van der Waals surface area contributed by atoms with Crippen molar-refractivity contribution in [1.82, 2.24) is 18.8 Å². The first kappa shape index (κ1) is 20.1. The molecule has 1 aromatic heterocycles. The number of amides is 1. The van der Waals surface area contributed by atoms with Gasteiger partial charge in [0.15, 0.2) is 0 Å². The monoisotopic (exact) mass is 422 g/mol. The number of hydrogen-bond acceptors (Lipinski definition) is 4. The van der Waals surface area contributed by atoms with Gasteiger partial charge in [-0.1, -0.05) is 48.5 Å². The molecular weight excluding hydrogens is 400 g/mol. The predicted octanol–water partition coefficient (Wildman–Crippen LogP) is 2.63. The maximum Gasteiger partial charge on any atom is 0.272 e. The predicted molar refractivity (Wildman–Crippen MR) is 115 cm³/mol. The molecule has 1 saturated heterocycles. The summed E-state index contributed by atoms with van der Waals surface area (Å²) in [6, 6.07) is 18.8. The van der Waals surface area contributed by atoms with Crippen molar-refractivity contribution < 1.29 is 13.2 Å². The lowest BCUT2D eigenvalue weighted by Gasteiger charge is -2.33. The Balaban J connectivity index is 1.42. The van der Waals surface area contributed by atoms with Crippen LogP contribution in [0.4, 0.5) is 0 Å². The normalized spacial score (nSPS) is 15.5. The number of aromatic nitrogens is 2. The zero-order valence-electron chi connectivity index (χ0n) is 16.3. The lowest BCUT2D eigenvalue weighted by atomic mass is 10.2. The van der Waals surface area contributed by atoms with Gasteiger partial charge in [0.1, 0.15) is 5.69 Å². The Kier molecular flexibility index (Phi) is 5.78. The molecule has 7 nitrogen and oxygen atoms in total. The first-order valence-electron chi connectivity index (χ1n) is 9.65. The molecule has 0 spiro atoms. The van der Waals surface area contributed by atoms with Gasteiger partial charge in [0.2, 0.25) is 10.0 Å². The Morgan fingerprint density at radius 1 is 0.900 bits per heavy atom. The van der Waals surface area contributed by atoms with E-state index in [0.29, 0.717) is 18.8 Å². The van der Waals surface area contributed by atoms with Crippen LogP contribution in [0.2, 0.25) is 0 Å². The third-order valence-corrected chi connectivity index (χ3v) is 6.57. The number of carbonyl (C=O) groups excluding carboxylic acids is 1.